The van der Waals surface area contributed by atoms with Crippen molar-refractivity contribution in [2.75, 3.05) is 0 Å². The molecule has 4 unspecified atom stereocenters. The van der Waals surface area contributed by atoms with Crippen molar-refractivity contribution in [2.45, 2.75) is 51.3 Å². The van der Waals surface area contributed by atoms with Crippen LogP contribution in [0.3, 0.4) is 0 Å². The number of hydrogen-bond acceptors (Lipinski definition) is 2. The lowest BCUT2D eigenvalue weighted by Crippen LogP contribution is -2.57. The van der Waals surface area contributed by atoms with Crippen LogP contribution in [0.4, 0.5) is 0 Å². The smallest absolute Gasteiger partial charge is 0.0734 e. The molecule has 1 saturated heterocycles. The minimum atomic E-state index is -0.666. The molecule has 0 saturated carbocycles. The Bertz CT molecular complexity index is 588. The number of rotatable bonds is 4. The third kappa shape index (κ3) is 3.01. The normalized spacial score (nSPS) is 33.3. The summed E-state index contributed by atoms with van der Waals surface area (Å²) in [6.45, 7) is 6.55. The molecule has 2 aromatic rings. The molecule has 3 rings (SSSR count). The van der Waals surface area contributed by atoms with Crippen LogP contribution in [0.1, 0.15) is 56.8 Å². The highest BCUT2D eigenvalue weighted by Crippen LogP contribution is 2.48. The van der Waals surface area contributed by atoms with Gasteiger partial charge in [0.2, 0.25) is 0 Å². The fourth-order valence-corrected chi connectivity index (χ4v) is 4.42. The fourth-order valence-electron chi connectivity index (χ4n) is 4.42. The topological polar surface area (TPSA) is 32.3 Å². The van der Waals surface area contributed by atoms with Gasteiger partial charge in [0.1, 0.15) is 0 Å². The highest BCUT2D eigenvalue weighted by Gasteiger charge is 2.50. The van der Waals surface area contributed by atoms with Crippen molar-refractivity contribution in [1.82, 2.24) is 5.32 Å². The molecule has 0 spiro atoms. The van der Waals surface area contributed by atoms with Crippen LogP contribution in [-0.2, 0) is 0 Å². The van der Waals surface area contributed by atoms with Gasteiger partial charge in [-0.25, -0.2) is 0 Å². The molecule has 0 amide bonds. The molecule has 1 aliphatic rings. The van der Waals surface area contributed by atoms with E-state index in [1.54, 1.807) is 0 Å². The van der Waals surface area contributed by atoms with Crippen LogP contribution in [0.25, 0.3) is 0 Å². The van der Waals surface area contributed by atoms with E-state index in [1.165, 1.54) is 11.1 Å². The molecule has 2 N–H and O–H groups in total. The number of hydrogen-bond donors (Lipinski definition) is 2. The van der Waals surface area contributed by atoms with E-state index in [9.17, 15) is 5.11 Å². The van der Waals surface area contributed by atoms with Crippen molar-refractivity contribution in [2.24, 2.45) is 11.8 Å². The van der Waals surface area contributed by atoms with Gasteiger partial charge < -0.3 is 10.4 Å². The first-order valence-corrected chi connectivity index (χ1v) is 9.16. The van der Waals surface area contributed by atoms with Crippen molar-refractivity contribution in [3.8, 4) is 0 Å². The first kappa shape index (κ1) is 17.2. The summed E-state index contributed by atoms with van der Waals surface area (Å²) < 4.78 is 0. The van der Waals surface area contributed by atoms with E-state index < -0.39 is 5.60 Å². The minimum Gasteiger partial charge on any atom is -0.389 e. The Kier molecular flexibility index (Phi) is 5.07. The molecule has 1 heterocycles. The zero-order valence-electron chi connectivity index (χ0n) is 14.9. The molecule has 0 bridgehead atoms. The van der Waals surface area contributed by atoms with E-state index in [1.807, 2.05) is 12.1 Å². The Labute approximate surface area is 145 Å². The van der Waals surface area contributed by atoms with Crippen LogP contribution in [0, 0.1) is 11.8 Å². The van der Waals surface area contributed by atoms with Crippen molar-refractivity contribution in [1.29, 1.82) is 0 Å². The average Bonchev–Trinajstić information content (AvgIpc) is 2.62. The summed E-state index contributed by atoms with van der Waals surface area (Å²) in [5.41, 5.74) is 1.85. The highest BCUT2D eigenvalue weighted by molar-refractivity contribution is 5.27. The largest absolute Gasteiger partial charge is 0.389 e. The number of piperidine rings is 1. The van der Waals surface area contributed by atoms with Crippen LogP contribution < -0.4 is 5.32 Å². The van der Waals surface area contributed by atoms with E-state index >= 15 is 0 Å². The second-order valence-corrected chi connectivity index (χ2v) is 7.26. The lowest BCUT2D eigenvalue weighted by molar-refractivity contribution is -0.116. The third-order valence-electron chi connectivity index (χ3n) is 5.90. The van der Waals surface area contributed by atoms with Crippen LogP contribution in [0.15, 0.2) is 60.7 Å². The fraction of sp³-hybridized carbons (Fsp3) is 0.455. The summed E-state index contributed by atoms with van der Waals surface area (Å²) in [4.78, 5) is 0. The van der Waals surface area contributed by atoms with Crippen LogP contribution in [0.5, 0.6) is 0 Å². The quantitative estimate of drug-likeness (QED) is 0.841. The van der Waals surface area contributed by atoms with E-state index in [4.69, 9.17) is 0 Å². The summed E-state index contributed by atoms with van der Waals surface area (Å²) >= 11 is 0. The summed E-state index contributed by atoms with van der Waals surface area (Å²) in [7, 11) is 0. The van der Waals surface area contributed by atoms with E-state index in [2.05, 4.69) is 74.6 Å². The molecule has 4 atom stereocenters. The van der Waals surface area contributed by atoms with Gasteiger partial charge >= 0.3 is 0 Å². The maximum atomic E-state index is 11.6. The first-order valence-electron chi connectivity index (χ1n) is 9.16. The van der Waals surface area contributed by atoms with Crippen molar-refractivity contribution in [3.05, 3.63) is 71.8 Å². The summed E-state index contributed by atoms with van der Waals surface area (Å²) in [6.07, 6.45) is 1.83. The van der Waals surface area contributed by atoms with Crippen molar-refractivity contribution >= 4 is 0 Å². The highest BCUT2D eigenvalue weighted by atomic mass is 16.3. The second kappa shape index (κ2) is 7.08. The van der Waals surface area contributed by atoms with Gasteiger partial charge in [0.25, 0.3) is 0 Å². The average molecular weight is 323 g/mol. The number of nitrogens with one attached hydrogen (secondary N) is 1. The molecule has 2 aromatic carbocycles. The molecular formula is C22H29NO. The van der Waals surface area contributed by atoms with Crippen LogP contribution in [0.2, 0.25) is 0 Å². The summed E-state index contributed by atoms with van der Waals surface area (Å²) in [5.74, 6) is 0.324. The maximum absolute atomic E-state index is 11.6. The molecule has 0 aromatic heterocycles. The first-order chi connectivity index (χ1) is 11.6. The Morgan fingerprint density at radius 2 is 1.25 bits per heavy atom. The molecule has 128 valence electrons. The van der Waals surface area contributed by atoms with E-state index in [0.717, 1.165) is 12.8 Å². The summed E-state index contributed by atoms with van der Waals surface area (Å²) in [5, 5.41) is 15.5. The standard InChI is InChI=1S/C22H29NO/c1-4-15-22(24)16(2)20(18-11-7-5-8-12-18)23-21(17(22)3)19-13-9-6-10-14-19/h5-14,16-17,20-21,23-24H,4,15H2,1-3H3. The lowest BCUT2D eigenvalue weighted by atomic mass is 9.64. The predicted octanol–water partition coefficient (Wildman–Crippen LogP) is 4.88. The molecular weight excluding hydrogens is 294 g/mol. The van der Waals surface area contributed by atoms with Gasteiger partial charge in [-0.3, -0.25) is 0 Å². The van der Waals surface area contributed by atoms with E-state index in [0.29, 0.717) is 0 Å². The van der Waals surface area contributed by atoms with E-state index in [-0.39, 0.29) is 23.9 Å². The van der Waals surface area contributed by atoms with Gasteiger partial charge in [0.15, 0.2) is 0 Å². The maximum Gasteiger partial charge on any atom is 0.0734 e. The van der Waals surface area contributed by atoms with Gasteiger partial charge in [-0.2, -0.15) is 0 Å². The molecule has 0 radical (unpaired) electrons. The van der Waals surface area contributed by atoms with Gasteiger partial charge in [-0.05, 0) is 17.5 Å². The number of aliphatic hydroxyl groups is 1. The van der Waals surface area contributed by atoms with Crippen LogP contribution in [-0.4, -0.2) is 10.7 Å². The Morgan fingerprint density at radius 1 is 0.833 bits per heavy atom. The second-order valence-electron chi connectivity index (χ2n) is 7.26. The third-order valence-corrected chi connectivity index (χ3v) is 5.90. The van der Waals surface area contributed by atoms with Crippen molar-refractivity contribution in [3.63, 3.8) is 0 Å². The van der Waals surface area contributed by atoms with Gasteiger partial charge in [-0.1, -0.05) is 87.9 Å². The van der Waals surface area contributed by atoms with Crippen molar-refractivity contribution < 1.29 is 5.11 Å². The summed E-state index contributed by atoms with van der Waals surface area (Å²) in [6, 6.07) is 21.4. The van der Waals surface area contributed by atoms with Gasteiger partial charge in [0, 0.05) is 23.9 Å². The monoisotopic (exact) mass is 323 g/mol. The molecule has 2 heteroatoms. The zero-order valence-corrected chi connectivity index (χ0v) is 14.9. The lowest BCUT2D eigenvalue weighted by Gasteiger charge is -2.52. The van der Waals surface area contributed by atoms with Gasteiger partial charge in [-0.15, -0.1) is 0 Å². The molecule has 2 nitrogen and oxygen atoms in total. The Morgan fingerprint density at radius 3 is 1.62 bits per heavy atom. The molecule has 1 aliphatic heterocycles. The predicted molar refractivity (Wildman–Crippen MR) is 99.7 cm³/mol. The van der Waals surface area contributed by atoms with Gasteiger partial charge in [0.05, 0.1) is 5.60 Å². The zero-order chi connectivity index (χ0) is 17.2. The Balaban J connectivity index is 2.02. The number of benzene rings is 2. The molecule has 0 aliphatic carbocycles. The Hall–Kier alpha value is -1.64. The molecule has 1 fully saturated rings. The molecule has 24 heavy (non-hydrogen) atoms. The minimum absolute atomic E-state index is 0.157. The SMILES string of the molecule is CCCC1(O)C(C)C(c2ccccc2)NC(c2ccccc2)C1C. The van der Waals surface area contributed by atoms with Crippen LogP contribution >= 0.6 is 0 Å².